The Balaban J connectivity index is 2.00. The van der Waals surface area contributed by atoms with Crippen molar-refractivity contribution >= 4 is 11.4 Å². The number of nitrogens with zero attached hydrogens (tertiary/aromatic N) is 1. The maximum Gasteiger partial charge on any atom is 0.274 e. The average molecular weight is 292 g/mol. The molecule has 6 heteroatoms. The van der Waals surface area contributed by atoms with E-state index >= 15 is 0 Å². The molecule has 0 fully saturated rings. The summed E-state index contributed by atoms with van der Waals surface area (Å²) >= 11 is 0. The van der Waals surface area contributed by atoms with Crippen LogP contribution in [0.4, 0.5) is 20.2 Å². The van der Waals surface area contributed by atoms with Crippen LogP contribution >= 0.6 is 0 Å². The first-order valence-electron chi connectivity index (χ1n) is 6.39. The molecule has 0 saturated carbocycles. The largest absolute Gasteiger partial charge is 0.385 e. The van der Waals surface area contributed by atoms with Crippen molar-refractivity contribution in [3.8, 4) is 0 Å². The van der Waals surface area contributed by atoms with Gasteiger partial charge < -0.3 is 5.32 Å². The van der Waals surface area contributed by atoms with Crippen molar-refractivity contribution in [2.75, 3.05) is 11.9 Å². The van der Waals surface area contributed by atoms with Crippen LogP contribution in [0.3, 0.4) is 0 Å². The van der Waals surface area contributed by atoms with Crippen molar-refractivity contribution in [2.24, 2.45) is 0 Å². The zero-order valence-electron chi connectivity index (χ0n) is 11.4. The van der Waals surface area contributed by atoms with Crippen LogP contribution in [0.2, 0.25) is 0 Å². The topological polar surface area (TPSA) is 55.2 Å². The second-order valence-electron chi connectivity index (χ2n) is 4.71. The summed E-state index contributed by atoms with van der Waals surface area (Å²) in [5, 5.41) is 13.8. The normalized spacial score (nSPS) is 10.4. The Labute approximate surface area is 120 Å². The fraction of sp³-hybridized carbons (Fsp3) is 0.200. The molecule has 21 heavy (non-hydrogen) atoms. The van der Waals surface area contributed by atoms with E-state index in [1.807, 2.05) is 0 Å². The average Bonchev–Trinajstić information content (AvgIpc) is 2.39. The summed E-state index contributed by atoms with van der Waals surface area (Å²) in [5.74, 6) is -1.23. The number of aryl methyl sites for hydroxylation is 1. The zero-order valence-corrected chi connectivity index (χ0v) is 11.4. The molecular weight excluding hydrogens is 278 g/mol. The van der Waals surface area contributed by atoms with Gasteiger partial charge in [-0.25, -0.2) is 8.78 Å². The molecule has 0 aliphatic carbocycles. The number of nitro groups is 1. The first kappa shape index (κ1) is 14.9. The fourth-order valence-electron chi connectivity index (χ4n) is 2.02. The highest BCUT2D eigenvalue weighted by atomic mass is 19.1. The molecule has 2 aromatic carbocycles. The van der Waals surface area contributed by atoms with Gasteiger partial charge in [-0.2, -0.15) is 0 Å². The highest BCUT2D eigenvalue weighted by molar-refractivity contribution is 5.54. The van der Waals surface area contributed by atoms with Crippen LogP contribution < -0.4 is 5.32 Å². The predicted molar refractivity (Wildman–Crippen MR) is 76.4 cm³/mol. The van der Waals surface area contributed by atoms with Crippen LogP contribution in [0, 0.1) is 28.7 Å². The van der Waals surface area contributed by atoms with E-state index in [0.717, 1.165) is 6.07 Å². The third kappa shape index (κ3) is 3.98. The van der Waals surface area contributed by atoms with E-state index in [-0.39, 0.29) is 5.69 Å². The lowest BCUT2D eigenvalue weighted by atomic mass is 10.1. The fourth-order valence-corrected chi connectivity index (χ4v) is 2.02. The van der Waals surface area contributed by atoms with Crippen LogP contribution in [0.25, 0.3) is 0 Å². The minimum atomic E-state index is -0.615. The summed E-state index contributed by atoms with van der Waals surface area (Å²) in [6, 6.07) is 8.18. The quantitative estimate of drug-likeness (QED) is 0.673. The number of hydrogen-bond donors (Lipinski definition) is 1. The summed E-state index contributed by atoms with van der Waals surface area (Å²) in [5.41, 5.74) is 1.75. The third-order valence-corrected chi connectivity index (χ3v) is 3.07. The van der Waals surface area contributed by atoms with Crippen LogP contribution in [0.5, 0.6) is 0 Å². The van der Waals surface area contributed by atoms with Gasteiger partial charge in [-0.15, -0.1) is 0 Å². The van der Waals surface area contributed by atoms with Gasteiger partial charge in [0.1, 0.15) is 11.6 Å². The standard InChI is InChI=1S/C15H14F2N2O2/c1-10-2-3-14(9-15(10)19(20)21)18-5-4-11-6-12(16)8-13(17)7-11/h2-3,6-9,18H,4-5H2,1H3. The Kier molecular flexibility index (Phi) is 4.47. The molecule has 0 amide bonds. The number of benzene rings is 2. The third-order valence-electron chi connectivity index (χ3n) is 3.07. The molecule has 110 valence electrons. The van der Waals surface area contributed by atoms with E-state index in [4.69, 9.17) is 0 Å². The summed E-state index contributed by atoms with van der Waals surface area (Å²) in [6.45, 7) is 2.08. The van der Waals surface area contributed by atoms with Gasteiger partial charge >= 0.3 is 0 Å². The smallest absolute Gasteiger partial charge is 0.274 e. The lowest BCUT2D eigenvalue weighted by Gasteiger charge is -2.07. The molecule has 0 heterocycles. The summed E-state index contributed by atoms with van der Waals surface area (Å²) < 4.78 is 26.1. The number of anilines is 1. The van der Waals surface area contributed by atoms with Crippen molar-refractivity contribution in [1.29, 1.82) is 0 Å². The van der Waals surface area contributed by atoms with Gasteiger partial charge in [0, 0.05) is 29.9 Å². The van der Waals surface area contributed by atoms with Crippen molar-refractivity contribution in [1.82, 2.24) is 0 Å². The first-order chi connectivity index (χ1) is 9.95. The van der Waals surface area contributed by atoms with Crippen molar-refractivity contribution < 1.29 is 13.7 Å². The molecule has 0 bridgehead atoms. The Morgan fingerprint density at radius 3 is 2.43 bits per heavy atom. The summed E-state index contributed by atoms with van der Waals surface area (Å²) in [6.07, 6.45) is 0.413. The lowest BCUT2D eigenvalue weighted by molar-refractivity contribution is -0.385. The molecule has 1 N–H and O–H groups in total. The van der Waals surface area contributed by atoms with Crippen LogP contribution in [-0.2, 0) is 6.42 Å². The van der Waals surface area contributed by atoms with E-state index in [2.05, 4.69) is 5.32 Å². The van der Waals surface area contributed by atoms with Gasteiger partial charge in [-0.05, 0) is 37.1 Å². The van der Waals surface area contributed by atoms with Gasteiger partial charge in [-0.1, -0.05) is 6.07 Å². The van der Waals surface area contributed by atoms with Gasteiger partial charge in [0.2, 0.25) is 0 Å². The minimum Gasteiger partial charge on any atom is -0.385 e. The molecule has 0 spiro atoms. The number of halogens is 2. The Bertz CT molecular complexity index is 654. The highest BCUT2D eigenvalue weighted by Gasteiger charge is 2.10. The van der Waals surface area contributed by atoms with Gasteiger partial charge in [-0.3, -0.25) is 10.1 Å². The number of hydrogen-bond acceptors (Lipinski definition) is 3. The van der Waals surface area contributed by atoms with E-state index < -0.39 is 16.6 Å². The molecule has 0 saturated heterocycles. The van der Waals surface area contributed by atoms with Gasteiger partial charge in [0.15, 0.2) is 0 Å². The summed E-state index contributed by atoms with van der Waals surface area (Å²) in [7, 11) is 0. The summed E-state index contributed by atoms with van der Waals surface area (Å²) in [4.78, 5) is 10.4. The second-order valence-corrected chi connectivity index (χ2v) is 4.71. The molecule has 4 nitrogen and oxygen atoms in total. The minimum absolute atomic E-state index is 0.0387. The van der Waals surface area contributed by atoms with Gasteiger partial charge in [0.05, 0.1) is 4.92 Å². The van der Waals surface area contributed by atoms with Crippen molar-refractivity contribution in [3.63, 3.8) is 0 Å². The predicted octanol–water partition coefficient (Wildman–Crippen LogP) is 3.84. The molecule has 0 atom stereocenters. The molecule has 0 unspecified atom stereocenters. The van der Waals surface area contributed by atoms with Crippen LogP contribution in [-0.4, -0.2) is 11.5 Å². The van der Waals surface area contributed by atoms with E-state index in [9.17, 15) is 18.9 Å². The van der Waals surface area contributed by atoms with E-state index in [1.165, 1.54) is 18.2 Å². The van der Waals surface area contributed by atoms with E-state index in [0.29, 0.717) is 29.8 Å². The SMILES string of the molecule is Cc1ccc(NCCc2cc(F)cc(F)c2)cc1[N+](=O)[O-]. The Morgan fingerprint density at radius 2 is 1.81 bits per heavy atom. The van der Waals surface area contributed by atoms with Crippen LogP contribution in [0.1, 0.15) is 11.1 Å². The number of nitro benzene ring substituents is 1. The molecule has 0 aromatic heterocycles. The van der Waals surface area contributed by atoms with Crippen molar-refractivity contribution in [2.45, 2.75) is 13.3 Å². The number of nitrogens with one attached hydrogen (secondary N) is 1. The highest BCUT2D eigenvalue weighted by Crippen LogP contribution is 2.22. The lowest BCUT2D eigenvalue weighted by Crippen LogP contribution is -2.06. The van der Waals surface area contributed by atoms with Gasteiger partial charge in [0.25, 0.3) is 5.69 Å². The zero-order chi connectivity index (χ0) is 15.4. The molecule has 0 aliphatic rings. The molecule has 0 aliphatic heterocycles. The first-order valence-corrected chi connectivity index (χ1v) is 6.39. The van der Waals surface area contributed by atoms with Crippen molar-refractivity contribution in [3.05, 3.63) is 69.3 Å². The molecule has 0 radical (unpaired) electrons. The van der Waals surface area contributed by atoms with Crippen LogP contribution in [0.15, 0.2) is 36.4 Å². The maximum absolute atomic E-state index is 13.0. The Hall–Kier alpha value is -2.50. The molecular formula is C15H14F2N2O2. The molecule has 2 rings (SSSR count). The van der Waals surface area contributed by atoms with E-state index in [1.54, 1.807) is 19.1 Å². The number of rotatable bonds is 5. The second kappa shape index (κ2) is 6.30. The molecule has 2 aromatic rings. The maximum atomic E-state index is 13.0. The monoisotopic (exact) mass is 292 g/mol. The Morgan fingerprint density at radius 1 is 1.14 bits per heavy atom.